The fourth-order valence-corrected chi connectivity index (χ4v) is 1.73. The minimum Gasteiger partial charge on any atom is -0.298 e. The second-order valence-corrected chi connectivity index (χ2v) is 3.53. The van der Waals surface area contributed by atoms with Crippen molar-refractivity contribution in [2.45, 2.75) is 0 Å². The summed E-state index contributed by atoms with van der Waals surface area (Å²) in [5.74, 6) is 0. The summed E-state index contributed by atoms with van der Waals surface area (Å²) in [4.78, 5) is 14.7. The maximum absolute atomic E-state index is 10.7. The molecule has 3 heteroatoms. The number of aromatic nitrogens is 1. The SMILES string of the molecule is O=Cc1ccc(Br)c2cnccc12. The Bertz CT molecular complexity index is 467. The highest BCUT2D eigenvalue weighted by Crippen LogP contribution is 2.24. The Kier molecular flexibility index (Phi) is 2.10. The third-order valence-electron chi connectivity index (χ3n) is 1.93. The highest BCUT2D eigenvalue weighted by atomic mass is 79.9. The Labute approximate surface area is 83.7 Å². The normalized spacial score (nSPS) is 10.2. The molecule has 13 heavy (non-hydrogen) atoms. The van der Waals surface area contributed by atoms with E-state index in [9.17, 15) is 4.79 Å². The molecule has 0 spiro atoms. The number of hydrogen-bond acceptors (Lipinski definition) is 2. The van der Waals surface area contributed by atoms with E-state index in [1.807, 2.05) is 12.1 Å². The molecule has 1 heterocycles. The largest absolute Gasteiger partial charge is 0.298 e. The van der Waals surface area contributed by atoms with Crippen LogP contribution in [-0.4, -0.2) is 11.3 Å². The lowest BCUT2D eigenvalue weighted by Gasteiger charge is -2.01. The Morgan fingerprint density at radius 3 is 2.85 bits per heavy atom. The molecular weight excluding hydrogens is 230 g/mol. The summed E-state index contributed by atoms with van der Waals surface area (Å²) in [5.41, 5.74) is 0.695. The van der Waals surface area contributed by atoms with Crippen molar-refractivity contribution in [2.75, 3.05) is 0 Å². The number of carbonyl (C=O) groups excluding carboxylic acids is 1. The zero-order valence-electron chi connectivity index (χ0n) is 6.70. The van der Waals surface area contributed by atoms with E-state index in [0.29, 0.717) is 5.56 Å². The van der Waals surface area contributed by atoms with Gasteiger partial charge in [-0.1, -0.05) is 15.9 Å². The van der Waals surface area contributed by atoms with Gasteiger partial charge in [-0.15, -0.1) is 0 Å². The molecule has 0 radical (unpaired) electrons. The molecule has 0 N–H and O–H groups in total. The molecule has 1 aromatic carbocycles. The van der Waals surface area contributed by atoms with Crippen LogP contribution >= 0.6 is 15.9 Å². The van der Waals surface area contributed by atoms with Gasteiger partial charge in [0.1, 0.15) is 0 Å². The van der Waals surface area contributed by atoms with Crippen molar-refractivity contribution in [3.05, 3.63) is 40.6 Å². The summed E-state index contributed by atoms with van der Waals surface area (Å²) < 4.78 is 0.959. The first-order valence-electron chi connectivity index (χ1n) is 3.80. The van der Waals surface area contributed by atoms with E-state index >= 15 is 0 Å². The van der Waals surface area contributed by atoms with Crippen molar-refractivity contribution in [1.82, 2.24) is 4.98 Å². The molecule has 0 saturated carbocycles. The molecule has 0 amide bonds. The first kappa shape index (κ1) is 8.38. The number of hydrogen-bond donors (Lipinski definition) is 0. The number of nitrogens with zero attached hydrogens (tertiary/aromatic N) is 1. The number of aldehydes is 1. The monoisotopic (exact) mass is 235 g/mol. The van der Waals surface area contributed by atoms with Gasteiger partial charge in [-0.05, 0) is 23.6 Å². The van der Waals surface area contributed by atoms with Crippen LogP contribution in [0.15, 0.2) is 35.1 Å². The first-order valence-corrected chi connectivity index (χ1v) is 4.59. The Hall–Kier alpha value is -1.22. The second kappa shape index (κ2) is 3.26. The average molecular weight is 236 g/mol. The van der Waals surface area contributed by atoms with Crippen molar-refractivity contribution in [3.63, 3.8) is 0 Å². The van der Waals surface area contributed by atoms with Crippen LogP contribution in [0.1, 0.15) is 10.4 Å². The van der Waals surface area contributed by atoms with Crippen molar-refractivity contribution < 1.29 is 4.79 Å². The molecule has 1 aromatic heterocycles. The van der Waals surface area contributed by atoms with Gasteiger partial charge in [0.25, 0.3) is 0 Å². The molecule has 0 atom stereocenters. The molecule has 0 bridgehead atoms. The van der Waals surface area contributed by atoms with Gasteiger partial charge >= 0.3 is 0 Å². The fraction of sp³-hybridized carbons (Fsp3) is 0. The lowest BCUT2D eigenvalue weighted by Crippen LogP contribution is -1.84. The Morgan fingerprint density at radius 1 is 1.23 bits per heavy atom. The van der Waals surface area contributed by atoms with Gasteiger partial charge in [0.05, 0.1) is 0 Å². The molecule has 0 aliphatic carbocycles. The van der Waals surface area contributed by atoms with E-state index < -0.39 is 0 Å². The number of rotatable bonds is 1. The van der Waals surface area contributed by atoms with Gasteiger partial charge in [-0.2, -0.15) is 0 Å². The van der Waals surface area contributed by atoms with Gasteiger partial charge < -0.3 is 0 Å². The molecule has 2 nitrogen and oxygen atoms in total. The summed E-state index contributed by atoms with van der Waals surface area (Å²) in [6.45, 7) is 0. The fourth-order valence-electron chi connectivity index (χ4n) is 1.28. The number of halogens is 1. The van der Waals surface area contributed by atoms with Crippen LogP contribution in [0, 0.1) is 0 Å². The minimum absolute atomic E-state index is 0.695. The molecule has 2 rings (SSSR count). The van der Waals surface area contributed by atoms with Crippen LogP contribution in [0.5, 0.6) is 0 Å². The zero-order chi connectivity index (χ0) is 9.26. The maximum atomic E-state index is 10.7. The summed E-state index contributed by atoms with van der Waals surface area (Å²) in [6.07, 6.45) is 4.28. The smallest absolute Gasteiger partial charge is 0.150 e. The van der Waals surface area contributed by atoms with Crippen molar-refractivity contribution >= 4 is 33.0 Å². The standard InChI is InChI=1S/C10H6BrNO/c11-10-2-1-7(6-13)8-3-4-12-5-9(8)10/h1-6H. The van der Waals surface area contributed by atoms with Crippen LogP contribution in [-0.2, 0) is 0 Å². The summed E-state index contributed by atoms with van der Waals surface area (Å²) in [6, 6.07) is 5.48. The highest BCUT2D eigenvalue weighted by molar-refractivity contribution is 9.10. The van der Waals surface area contributed by atoms with E-state index in [0.717, 1.165) is 21.5 Å². The lowest BCUT2D eigenvalue weighted by molar-refractivity contribution is 0.112. The van der Waals surface area contributed by atoms with Crippen molar-refractivity contribution in [2.24, 2.45) is 0 Å². The van der Waals surface area contributed by atoms with E-state index in [1.54, 1.807) is 18.5 Å². The second-order valence-electron chi connectivity index (χ2n) is 2.68. The molecule has 0 aliphatic heterocycles. The number of pyridine rings is 1. The summed E-state index contributed by atoms with van der Waals surface area (Å²) in [7, 11) is 0. The number of carbonyl (C=O) groups is 1. The van der Waals surface area contributed by atoms with Crippen LogP contribution in [0.2, 0.25) is 0 Å². The van der Waals surface area contributed by atoms with E-state index in [4.69, 9.17) is 0 Å². The van der Waals surface area contributed by atoms with E-state index in [-0.39, 0.29) is 0 Å². The minimum atomic E-state index is 0.695. The quantitative estimate of drug-likeness (QED) is 0.712. The van der Waals surface area contributed by atoms with Gasteiger partial charge in [-0.25, -0.2) is 0 Å². The van der Waals surface area contributed by atoms with Gasteiger partial charge in [-0.3, -0.25) is 9.78 Å². The molecule has 0 fully saturated rings. The lowest BCUT2D eigenvalue weighted by atomic mass is 10.1. The van der Waals surface area contributed by atoms with E-state index in [1.165, 1.54) is 0 Å². The van der Waals surface area contributed by atoms with Crippen LogP contribution in [0.4, 0.5) is 0 Å². The van der Waals surface area contributed by atoms with E-state index in [2.05, 4.69) is 20.9 Å². The predicted octanol–water partition coefficient (Wildman–Crippen LogP) is 2.81. The van der Waals surface area contributed by atoms with Gasteiger partial charge in [0, 0.05) is 27.8 Å². The van der Waals surface area contributed by atoms with Crippen LogP contribution < -0.4 is 0 Å². The third kappa shape index (κ3) is 1.35. The average Bonchev–Trinajstić information content (AvgIpc) is 2.19. The number of fused-ring (bicyclic) bond motifs is 1. The summed E-state index contributed by atoms with van der Waals surface area (Å²) >= 11 is 3.40. The summed E-state index contributed by atoms with van der Waals surface area (Å²) in [5, 5.41) is 1.89. The topological polar surface area (TPSA) is 30.0 Å². The Morgan fingerprint density at radius 2 is 2.08 bits per heavy atom. The van der Waals surface area contributed by atoms with Crippen LogP contribution in [0.3, 0.4) is 0 Å². The van der Waals surface area contributed by atoms with Crippen molar-refractivity contribution in [1.29, 1.82) is 0 Å². The first-order chi connectivity index (χ1) is 6.33. The van der Waals surface area contributed by atoms with Crippen LogP contribution in [0.25, 0.3) is 10.8 Å². The molecule has 0 unspecified atom stereocenters. The molecule has 0 saturated heterocycles. The molecule has 0 aliphatic rings. The molecule has 64 valence electrons. The van der Waals surface area contributed by atoms with Gasteiger partial charge in [0.2, 0.25) is 0 Å². The number of benzene rings is 1. The van der Waals surface area contributed by atoms with Gasteiger partial charge in [0.15, 0.2) is 6.29 Å². The molecular formula is C10H6BrNO. The zero-order valence-corrected chi connectivity index (χ0v) is 8.28. The Balaban J connectivity index is 2.92. The third-order valence-corrected chi connectivity index (χ3v) is 2.62. The molecule has 2 aromatic rings. The maximum Gasteiger partial charge on any atom is 0.150 e. The van der Waals surface area contributed by atoms with Crippen molar-refractivity contribution in [3.8, 4) is 0 Å². The predicted molar refractivity (Wildman–Crippen MR) is 54.8 cm³/mol. The highest BCUT2D eigenvalue weighted by Gasteiger charge is 2.02.